The summed E-state index contributed by atoms with van der Waals surface area (Å²) in [5, 5.41) is 2.42. The van der Waals surface area contributed by atoms with Crippen LogP contribution >= 0.6 is 27.3 Å². The minimum Gasteiger partial charge on any atom is -0.493 e. The third kappa shape index (κ3) is 2.89. The summed E-state index contributed by atoms with van der Waals surface area (Å²) in [4.78, 5) is 4.13. The van der Waals surface area contributed by atoms with Crippen LogP contribution in [0.4, 0.5) is 5.13 Å². The maximum absolute atomic E-state index is 5.67. The molecule has 2 rings (SSSR count). The SMILES string of the molecule is COc1cccc(Br)c1OCc1csc(N)n1. The summed E-state index contributed by atoms with van der Waals surface area (Å²) in [6.07, 6.45) is 0. The summed E-state index contributed by atoms with van der Waals surface area (Å²) >= 11 is 4.82. The van der Waals surface area contributed by atoms with Crippen molar-refractivity contribution in [2.24, 2.45) is 0 Å². The lowest BCUT2D eigenvalue weighted by Gasteiger charge is -2.11. The number of halogens is 1. The Morgan fingerprint density at radius 2 is 2.29 bits per heavy atom. The molecule has 0 aliphatic carbocycles. The van der Waals surface area contributed by atoms with Crippen LogP contribution in [0.15, 0.2) is 28.1 Å². The van der Waals surface area contributed by atoms with Gasteiger partial charge in [0.1, 0.15) is 6.61 Å². The number of ether oxygens (including phenoxy) is 2. The van der Waals surface area contributed by atoms with Crippen molar-refractivity contribution in [1.82, 2.24) is 4.98 Å². The largest absolute Gasteiger partial charge is 0.493 e. The van der Waals surface area contributed by atoms with Gasteiger partial charge in [0.05, 0.1) is 17.3 Å². The number of nitrogens with two attached hydrogens (primary N) is 1. The van der Waals surface area contributed by atoms with Crippen LogP contribution in [-0.4, -0.2) is 12.1 Å². The molecule has 0 saturated carbocycles. The Balaban J connectivity index is 2.13. The van der Waals surface area contributed by atoms with Crippen LogP contribution in [0.5, 0.6) is 11.5 Å². The lowest BCUT2D eigenvalue weighted by molar-refractivity contribution is 0.279. The number of para-hydroxylation sites is 1. The van der Waals surface area contributed by atoms with Crippen LogP contribution in [0.1, 0.15) is 5.69 Å². The van der Waals surface area contributed by atoms with E-state index in [-0.39, 0.29) is 0 Å². The Bertz CT molecular complexity index is 516. The lowest BCUT2D eigenvalue weighted by atomic mass is 10.3. The first-order chi connectivity index (χ1) is 8.20. The van der Waals surface area contributed by atoms with Gasteiger partial charge in [-0.15, -0.1) is 11.3 Å². The molecule has 1 aromatic carbocycles. The maximum atomic E-state index is 5.67. The first kappa shape index (κ1) is 12.2. The first-order valence-corrected chi connectivity index (χ1v) is 6.53. The van der Waals surface area contributed by atoms with E-state index in [2.05, 4.69) is 20.9 Å². The van der Waals surface area contributed by atoms with Gasteiger partial charge in [0.15, 0.2) is 16.6 Å². The molecule has 0 saturated heterocycles. The van der Waals surface area contributed by atoms with E-state index in [1.807, 2.05) is 23.6 Å². The maximum Gasteiger partial charge on any atom is 0.180 e. The third-order valence-electron chi connectivity index (χ3n) is 2.08. The van der Waals surface area contributed by atoms with Crippen LogP contribution in [-0.2, 0) is 6.61 Å². The summed E-state index contributed by atoms with van der Waals surface area (Å²) in [6.45, 7) is 0.368. The molecule has 0 bridgehead atoms. The summed E-state index contributed by atoms with van der Waals surface area (Å²) in [5.74, 6) is 1.35. The van der Waals surface area contributed by atoms with Crippen molar-refractivity contribution >= 4 is 32.4 Å². The highest BCUT2D eigenvalue weighted by atomic mass is 79.9. The molecular weight excluding hydrogens is 304 g/mol. The van der Waals surface area contributed by atoms with E-state index in [9.17, 15) is 0 Å². The standard InChI is InChI=1S/C11H11BrN2O2S/c1-15-9-4-2-3-8(12)10(9)16-5-7-6-17-11(13)14-7/h2-4,6H,5H2,1H3,(H2,13,14). The van der Waals surface area contributed by atoms with Gasteiger partial charge in [-0.3, -0.25) is 0 Å². The fraction of sp³-hybridized carbons (Fsp3) is 0.182. The molecule has 0 amide bonds. The van der Waals surface area contributed by atoms with Crippen molar-refractivity contribution < 1.29 is 9.47 Å². The van der Waals surface area contributed by atoms with Crippen molar-refractivity contribution in [2.75, 3.05) is 12.8 Å². The van der Waals surface area contributed by atoms with Crippen LogP contribution < -0.4 is 15.2 Å². The second-order valence-corrected chi connectivity index (χ2v) is 4.98. The lowest BCUT2D eigenvalue weighted by Crippen LogP contribution is -1.99. The molecule has 6 heteroatoms. The van der Waals surface area contributed by atoms with Gasteiger partial charge in [0.25, 0.3) is 0 Å². The number of rotatable bonds is 4. The molecule has 0 spiro atoms. The summed E-state index contributed by atoms with van der Waals surface area (Å²) in [5.41, 5.74) is 6.36. The van der Waals surface area contributed by atoms with Gasteiger partial charge >= 0.3 is 0 Å². The summed E-state index contributed by atoms with van der Waals surface area (Å²) < 4.78 is 11.7. The highest BCUT2D eigenvalue weighted by Crippen LogP contribution is 2.35. The van der Waals surface area contributed by atoms with E-state index >= 15 is 0 Å². The van der Waals surface area contributed by atoms with Gasteiger partial charge < -0.3 is 15.2 Å². The first-order valence-electron chi connectivity index (χ1n) is 4.86. The molecule has 2 N–H and O–H groups in total. The highest BCUT2D eigenvalue weighted by molar-refractivity contribution is 9.10. The van der Waals surface area contributed by atoms with E-state index < -0.39 is 0 Å². The van der Waals surface area contributed by atoms with E-state index in [0.717, 1.165) is 10.2 Å². The fourth-order valence-corrected chi connectivity index (χ4v) is 2.33. The number of aromatic nitrogens is 1. The Kier molecular flexibility index (Phi) is 3.86. The number of methoxy groups -OCH3 is 1. The zero-order valence-corrected chi connectivity index (χ0v) is 11.5. The molecule has 0 aliphatic rings. The molecule has 4 nitrogen and oxygen atoms in total. The van der Waals surface area contributed by atoms with E-state index in [4.69, 9.17) is 15.2 Å². The minimum atomic E-state index is 0.368. The van der Waals surface area contributed by atoms with E-state index in [1.165, 1.54) is 11.3 Å². The predicted octanol–water partition coefficient (Wildman–Crippen LogP) is 3.08. The molecular formula is C11H11BrN2O2S. The average molecular weight is 315 g/mol. The van der Waals surface area contributed by atoms with Crippen LogP contribution in [0.2, 0.25) is 0 Å². The van der Waals surface area contributed by atoms with Gasteiger partial charge in [-0.1, -0.05) is 6.07 Å². The number of thiazole rings is 1. The van der Waals surface area contributed by atoms with Crippen molar-refractivity contribution in [3.8, 4) is 11.5 Å². The molecule has 0 fully saturated rings. The second-order valence-electron chi connectivity index (χ2n) is 3.24. The summed E-state index contributed by atoms with van der Waals surface area (Å²) in [7, 11) is 1.61. The number of hydrogen-bond acceptors (Lipinski definition) is 5. The van der Waals surface area contributed by atoms with Gasteiger partial charge in [-0.2, -0.15) is 0 Å². The number of hydrogen-bond donors (Lipinski definition) is 1. The molecule has 1 aromatic heterocycles. The van der Waals surface area contributed by atoms with Crippen molar-refractivity contribution in [2.45, 2.75) is 6.61 Å². The smallest absolute Gasteiger partial charge is 0.180 e. The van der Waals surface area contributed by atoms with Crippen LogP contribution in [0.25, 0.3) is 0 Å². The van der Waals surface area contributed by atoms with Gasteiger partial charge in [-0.25, -0.2) is 4.98 Å². The quantitative estimate of drug-likeness (QED) is 0.942. The fourth-order valence-electron chi connectivity index (χ4n) is 1.32. The number of anilines is 1. The Hall–Kier alpha value is -1.27. The topological polar surface area (TPSA) is 57.4 Å². The predicted molar refractivity (Wildman–Crippen MR) is 71.6 cm³/mol. The second kappa shape index (κ2) is 5.37. The molecule has 1 heterocycles. The van der Waals surface area contributed by atoms with E-state index in [0.29, 0.717) is 23.2 Å². The Labute approximate surface area is 112 Å². The van der Waals surface area contributed by atoms with Gasteiger partial charge in [0, 0.05) is 5.38 Å². The van der Waals surface area contributed by atoms with Crippen molar-refractivity contribution in [3.63, 3.8) is 0 Å². The van der Waals surface area contributed by atoms with Crippen molar-refractivity contribution in [3.05, 3.63) is 33.7 Å². The molecule has 90 valence electrons. The van der Waals surface area contributed by atoms with E-state index in [1.54, 1.807) is 7.11 Å². The zero-order chi connectivity index (χ0) is 12.3. The Morgan fingerprint density at radius 1 is 1.47 bits per heavy atom. The molecule has 0 radical (unpaired) electrons. The normalized spacial score (nSPS) is 10.2. The number of benzene rings is 1. The minimum absolute atomic E-state index is 0.368. The van der Waals surface area contributed by atoms with Crippen LogP contribution in [0.3, 0.4) is 0 Å². The average Bonchev–Trinajstić information content (AvgIpc) is 2.73. The van der Waals surface area contributed by atoms with Crippen LogP contribution in [0, 0.1) is 0 Å². The van der Waals surface area contributed by atoms with Crippen molar-refractivity contribution in [1.29, 1.82) is 0 Å². The number of nitrogen functional groups attached to an aromatic ring is 1. The molecule has 2 aromatic rings. The van der Waals surface area contributed by atoms with Gasteiger partial charge in [-0.05, 0) is 28.1 Å². The third-order valence-corrected chi connectivity index (χ3v) is 3.43. The monoisotopic (exact) mass is 314 g/mol. The van der Waals surface area contributed by atoms with Gasteiger partial charge in [0.2, 0.25) is 0 Å². The zero-order valence-electron chi connectivity index (χ0n) is 9.14. The molecule has 17 heavy (non-hydrogen) atoms. The summed E-state index contributed by atoms with van der Waals surface area (Å²) in [6, 6.07) is 5.62. The molecule has 0 unspecified atom stereocenters. The molecule has 0 aliphatic heterocycles. The Morgan fingerprint density at radius 3 is 2.94 bits per heavy atom. The molecule has 0 atom stereocenters. The highest BCUT2D eigenvalue weighted by Gasteiger charge is 2.09. The number of nitrogens with zero attached hydrogens (tertiary/aromatic N) is 1.